The van der Waals surface area contributed by atoms with Crippen LogP contribution in [0.15, 0.2) is 30.6 Å². The van der Waals surface area contributed by atoms with Crippen LogP contribution in [0.3, 0.4) is 0 Å². The van der Waals surface area contributed by atoms with Crippen LogP contribution in [0.2, 0.25) is 0 Å². The second-order valence-electron chi connectivity index (χ2n) is 7.40. The third-order valence-electron chi connectivity index (χ3n) is 5.98. The molecular formula is C21H23N5O2. The largest absolute Gasteiger partial charge is 0.348 e. The molecule has 3 heterocycles. The van der Waals surface area contributed by atoms with E-state index in [1.165, 1.54) is 0 Å². The van der Waals surface area contributed by atoms with Crippen LogP contribution in [0.25, 0.3) is 0 Å². The Hall–Kier alpha value is -3.14. The average molecular weight is 377 g/mol. The van der Waals surface area contributed by atoms with Crippen LogP contribution < -0.4 is 0 Å². The first-order valence-corrected chi connectivity index (χ1v) is 9.71. The van der Waals surface area contributed by atoms with Crippen molar-refractivity contribution < 1.29 is 9.59 Å². The van der Waals surface area contributed by atoms with Gasteiger partial charge in [-0.3, -0.25) is 9.59 Å². The van der Waals surface area contributed by atoms with Gasteiger partial charge in [0, 0.05) is 43.7 Å². The number of aromatic nitrogens is 2. The molecule has 1 N–H and O–H groups in total. The number of imidazole rings is 1. The summed E-state index contributed by atoms with van der Waals surface area (Å²) in [6.07, 6.45) is 4.29. The summed E-state index contributed by atoms with van der Waals surface area (Å²) in [5.41, 5.74) is 2.63. The van der Waals surface area contributed by atoms with Crippen molar-refractivity contribution in [1.29, 1.82) is 5.26 Å². The topological polar surface area (TPSA) is 93.1 Å². The smallest absolute Gasteiger partial charge is 0.253 e. The summed E-state index contributed by atoms with van der Waals surface area (Å²) in [5.74, 6) is 0.0635. The molecule has 0 aliphatic carbocycles. The van der Waals surface area contributed by atoms with E-state index in [9.17, 15) is 9.59 Å². The molecule has 7 heteroatoms. The third-order valence-corrected chi connectivity index (χ3v) is 5.98. The first-order chi connectivity index (χ1) is 13.6. The quantitative estimate of drug-likeness (QED) is 0.868. The van der Waals surface area contributed by atoms with Crippen LogP contribution in [0.1, 0.15) is 53.5 Å². The fourth-order valence-corrected chi connectivity index (χ4v) is 4.52. The number of nitriles is 1. The molecule has 0 radical (unpaired) electrons. The number of aromatic amines is 1. The van der Waals surface area contributed by atoms with Gasteiger partial charge in [-0.1, -0.05) is 13.0 Å². The summed E-state index contributed by atoms with van der Waals surface area (Å²) < 4.78 is 0. The molecule has 2 aliphatic heterocycles. The molecule has 1 saturated heterocycles. The highest BCUT2D eigenvalue weighted by atomic mass is 16.2. The number of likely N-dealkylation sites (tertiary alicyclic amines) is 1. The summed E-state index contributed by atoms with van der Waals surface area (Å²) in [4.78, 5) is 37.2. The Kier molecular flexibility index (Phi) is 4.63. The molecule has 0 bridgehead atoms. The molecule has 1 fully saturated rings. The van der Waals surface area contributed by atoms with Gasteiger partial charge in [-0.25, -0.2) is 4.98 Å². The Labute approximate surface area is 164 Å². The van der Waals surface area contributed by atoms with Gasteiger partial charge in [-0.15, -0.1) is 0 Å². The zero-order valence-electron chi connectivity index (χ0n) is 15.9. The Morgan fingerprint density at radius 3 is 2.79 bits per heavy atom. The zero-order valence-corrected chi connectivity index (χ0v) is 15.9. The predicted octanol–water partition coefficient (Wildman–Crippen LogP) is 2.21. The molecule has 2 amide bonds. The van der Waals surface area contributed by atoms with Gasteiger partial charge in [-0.05, 0) is 31.0 Å². The number of nitrogens with one attached hydrogen (secondary N) is 1. The van der Waals surface area contributed by atoms with E-state index in [0.29, 0.717) is 50.0 Å². The normalized spacial score (nSPS) is 17.9. The second kappa shape index (κ2) is 7.12. The number of hydrogen-bond donors (Lipinski definition) is 1. The predicted molar refractivity (Wildman–Crippen MR) is 102 cm³/mol. The van der Waals surface area contributed by atoms with Gasteiger partial charge in [0.25, 0.3) is 5.91 Å². The second-order valence-corrected chi connectivity index (χ2v) is 7.40. The van der Waals surface area contributed by atoms with E-state index in [1.807, 2.05) is 16.7 Å². The van der Waals surface area contributed by atoms with Crippen molar-refractivity contribution in [2.24, 2.45) is 0 Å². The molecule has 0 unspecified atom stereocenters. The first-order valence-electron chi connectivity index (χ1n) is 9.71. The fourth-order valence-electron chi connectivity index (χ4n) is 4.52. The Morgan fingerprint density at radius 2 is 2.07 bits per heavy atom. The minimum absolute atomic E-state index is 0.0709. The minimum atomic E-state index is -0.439. The van der Waals surface area contributed by atoms with Crippen molar-refractivity contribution >= 4 is 11.8 Å². The molecule has 2 aromatic rings. The van der Waals surface area contributed by atoms with E-state index in [-0.39, 0.29) is 11.8 Å². The van der Waals surface area contributed by atoms with E-state index < -0.39 is 5.54 Å². The van der Waals surface area contributed by atoms with Crippen molar-refractivity contribution in [3.63, 3.8) is 0 Å². The molecule has 2 aliphatic rings. The molecule has 144 valence electrons. The molecule has 28 heavy (non-hydrogen) atoms. The van der Waals surface area contributed by atoms with Crippen LogP contribution in [0, 0.1) is 11.3 Å². The monoisotopic (exact) mass is 377 g/mol. The summed E-state index contributed by atoms with van der Waals surface area (Å²) in [6.45, 7) is 3.67. The highest BCUT2D eigenvalue weighted by Crippen LogP contribution is 2.42. The minimum Gasteiger partial charge on any atom is -0.348 e. The maximum Gasteiger partial charge on any atom is 0.253 e. The van der Waals surface area contributed by atoms with Gasteiger partial charge < -0.3 is 14.8 Å². The fraction of sp³-hybridized carbons (Fsp3) is 0.429. The van der Waals surface area contributed by atoms with Crippen LogP contribution in [0.5, 0.6) is 0 Å². The van der Waals surface area contributed by atoms with Crippen LogP contribution >= 0.6 is 0 Å². The molecular weight excluding hydrogens is 354 g/mol. The van der Waals surface area contributed by atoms with E-state index in [4.69, 9.17) is 5.26 Å². The number of benzene rings is 1. The lowest BCUT2D eigenvalue weighted by molar-refractivity contribution is -0.141. The lowest BCUT2D eigenvalue weighted by Gasteiger charge is -2.50. The number of amides is 2. The highest BCUT2D eigenvalue weighted by molar-refractivity contribution is 5.94. The van der Waals surface area contributed by atoms with E-state index in [1.54, 1.807) is 30.6 Å². The number of piperidine rings is 1. The average Bonchev–Trinajstić information content (AvgIpc) is 3.24. The molecule has 4 rings (SSSR count). The van der Waals surface area contributed by atoms with Gasteiger partial charge in [0.1, 0.15) is 0 Å². The lowest BCUT2D eigenvalue weighted by atomic mass is 9.78. The van der Waals surface area contributed by atoms with Crippen LogP contribution in [-0.2, 0) is 16.8 Å². The summed E-state index contributed by atoms with van der Waals surface area (Å²) in [5, 5.41) is 9.08. The maximum atomic E-state index is 12.9. The zero-order chi connectivity index (χ0) is 19.7. The van der Waals surface area contributed by atoms with Crippen LogP contribution in [-0.4, -0.2) is 51.2 Å². The van der Waals surface area contributed by atoms with Crippen molar-refractivity contribution in [2.45, 2.75) is 38.1 Å². The van der Waals surface area contributed by atoms with E-state index in [2.05, 4.69) is 16.0 Å². The number of fused-ring (bicyclic) bond motifs is 2. The molecule has 1 spiro atoms. The van der Waals surface area contributed by atoms with Crippen LogP contribution in [0.4, 0.5) is 0 Å². The van der Waals surface area contributed by atoms with Crippen molar-refractivity contribution in [1.82, 2.24) is 19.8 Å². The Morgan fingerprint density at radius 1 is 1.29 bits per heavy atom. The highest BCUT2D eigenvalue weighted by Gasteiger charge is 2.48. The maximum absolute atomic E-state index is 12.9. The number of carbonyl (C=O) groups excluding carboxylic acids is 2. The molecule has 0 saturated carbocycles. The summed E-state index contributed by atoms with van der Waals surface area (Å²) >= 11 is 0. The van der Waals surface area contributed by atoms with Gasteiger partial charge in [-0.2, -0.15) is 5.26 Å². The third kappa shape index (κ3) is 2.85. The number of carbonyl (C=O) groups is 2. The molecule has 1 aromatic heterocycles. The number of hydrogen-bond acceptors (Lipinski definition) is 4. The van der Waals surface area contributed by atoms with Crippen molar-refractivity contribution in [2.75, 3.05) is 19.6 Å². The van der Waals surface area contributed by atoms with Gasteiger partial charge in [0.05, 0.1) is 29.2 Å². The molecule has 0 atom stereocenters. The number of rotatable bonds is 2. The number of H-pyrrole nitrogens is 1. The van der Waals surface area contributed by atoms with Gasteiger partial charge in [0.2, 0.25) is 5.91 Å². The molecule has 7 nitrogen and oxygen atoms in total. The van der Waals surface area contributed by atoms with E-state index in [0.717, 1.165) is 17.8 Å². The summed E-state index contributed by atoms with van der Waals surface area (Å²) in [7, 11) is 0. The Bertz CT molecular complexity index is 950. The van der Waals surface area contributed by atoms with Gasteiger partial charge >= 0.3 is 0 Å². The van der Waals surface area contributed by atoms with Crippen molar-refractivity contribution in [3.05, 3.63) is 53.1 Å². The molecule has 1 aromatic carbocycles. The summed E-state index contributed by atoms with van der Waals surface area (Å²) in [6, 6.07) is 8.88. The lowest BCUT2D eigenvalue weighted by Crippen LogP contribution is -2.58. The van der Waals surface area contributed by atoms with Gasteiger partial charge in [0.15, 0.2) is 0 Å². The number of nitrogens with zero attached hydrogens (tertiary/aromatic N) is 4. The Balaban J connectivity index is 1.58. The first kappa shape index (κ1) is 18.2. The van der Waals surface area contributed by atoms with E-state index >= 15 is 0 Å². The van der Waals surface area contributed by atoms with Crippen molar-refractivity contribution in [3.8, 4) is 6.07 Å². The standard InChI is InChI=1S/C21H23N5O2/c1-2-18(27)26-9-6-17-19(24-14-23-17)21(26)7-10-25(11-8-21)20(28)16-5-3-4-15(12-16)13-22/h3-5,12,14H,2,6-11H2,1H3,(H,23,24). The SMILES string of the molecule is CCC(=O)N1CCc2[nH]cnc2C12CCN(C(=O)c1cccc(C#N)c1)CC2.